The number of amides is 8. The average Bonchev–Trinajstić information content (AvgIpc) is 3.58. The van der Waals surface area contributed by atoms with Gasteiger partial charge in [0.1, 0.15) is 36.3 Å². The standard InChI is InChI=1S/C33H52N8O15/c1-15(2)12-21(33(55)56)39-28(50)18(7-9-25(46)47)37-24(45)14-35-31(53)27(16(3)42)40-29(51)19(8-10-26(48)49)38-30(52)22-6-5-11-41(22)32(54)20(13-23(34)44)36-17(4)43/h15-16,18-22,27,42H,5-14H2,1-4H3,(H2,34,44)(H,35,53)(H,36,43)(H,37,45)(H,38,52)(H,39,50)(H,40,51)(H,46,47)(H,48,49)(H,55,56)/t16-,18+,19+,20+,21+,22+,27+/m1/s1. The zero-order valence-corrected chi connectivity index (χ0v) is 31.5. The van der Waals surface area contributed by atoms with E-state index in [-0.39, 0.29) is 25.3 Å². The highest BCUT2D eigenvalue weighted by Crippen LogP contribution is 2.20. The Kier molecular flexibility index (Phi) is 19.9. The molecule has 0 saturated carbocycles. The summed E-state index contributed by atoms with van der Waals surface area (Å²) in [6, 6.07) is -8.91. The van der Waals surface area contributed by atoms with Crippen LogP contribution in [0.2, 0.25) is 0 Å². The van der Waals surface area contributed by atoms with Gasteiger partial charge in [-0.3, -0.25) is 47.9 Å². The van der Waals surface area contributed by atoms with Crippen LogP contribution < -0.4 is 37.6 Å². The number of carboxylic acid groups (broad SMARTS) is 3. The predicted molar refractivity (Wildman–Crippen MR) is 189 cm³/mol. The van der Waals surface area contributed by atoms with Gasteiger partial charge in [0.15, 0.2) is 0 Å². The molecular weight excluding hydrogens is 748 g/mol. The normalized spacial score (nSPS) is 16.8. The number of primary amides is 1. The van der Waals surface area contributed by atoms with Gasteiger partial charge < -0.3 is 63.0 Å². The number of likely N-dealkylation sites (tertiary alicyclic amines) is 1. The third-order valence-electron chi connectivity index (χ3n) is 8.31. The Labute approximate surface area is 321 Å². The van der Waals surface area contributed by atoms with E-state index < -0.39 is 146 Å². The van der Waals surface area contributed by atoms with Crippen molar-refractivity contribution >= 4 is 65.2 Å². The molecule has 0 aromatic carbocycles. The first-order valence-corrected chi connectivity index (χ1v) is 17.7. The van der Waals surface area contributed by atoms with Crippen LogP contribution in [-0.2, 0) is 52.7 Å². The number of carbonyl (C=O) groups is 11. The SMILES string of the molecule is CC(=O)N[C@@H](CC(N)=O)C(=O)N1CCC[C@H]1C(=O)N[C@@H](CCC(=O)O)C(=O)N[C@H](C(=O)NCC(=O)N[C@@H](CCC(=O)O)C(=O)N[C@@H](CC(C)C)C(=O)O)[C@@H](C)O. The molecule has 1 aliphatic rings. The summed E-state index contributed by atoms with van der Waals surface area (Å²) >= 11 is 0. The zero-order valence-electron chi connectivity index (χ0n) is 31.5. The Hall–Kier alpha value is -5.87. The highest BCUT2D eigenvalue weighted by Gasteiger charge is 2.40. The van der Waals surface area contributed by atoms with E-state index in [1.54, 1.807) is 13.8 Å². The molecule has 12 N–H and O–H groups in total. The van der Waals surface area contributed by atoms with E-state index in [4.69, 9.17) is 10.8 Å². The van der Waals surface area contributed by atoms with Crippen molar-refractivity contribution in [3.05, 3.63) is 0 Å². The lowest BCUT2D eigenvalue weighted by Gasteiger charge is -2.30. The summed E-state index contributed by atoms with van der Waals surface area (Å²) in [6.45, 7) is 4.77. The third-order valence-corrected chi connectivity index (χ3v) is 8.31. The molecule has 0 unspecified atom stereocenters. The van der Waals surface area contributed by atoms with Gasteiger partial charge in [-0.05, 0) is 44.9 Å². The van der Waals surface area contributed by atoms with Gasteiger partial charge in [0.05, 0.1) is 19.1 Å². The fourth-order valence-electron chi connectivity index (χ4n) is 5.64. The van der Waals surface area contributed by atoms with Crippen LogP contribution in [0, 0.1) is 5.92 Å². The molecule has 0 aromatic rings. The molecule has 8 amide bonds. The third kappa shape index (κ3) is 17.1. The summed E-state index contributed by atoms with van der Waals surface area (Å²) in [5.41, 5.74) is 5.21. The van der Waals surface area contributed by atoms with Crippen molar-refractivity contribution in [3.63, 3.8) is 0 Å². The van der Waals surface area contributed by atoms with Gasteiger partial charge in [0, 0.05) is 26.3 Å². The number of hydrogen-bond donors (Lipinski definition) is 11. The number of hydrogen-bond acceptors (Lipinski definition) is 12. The minimum absolute atomic E-state index is 0.0293. The number of carbonyl (C=O) groups excluding carboxylic acids is 8. The maximum Gasteiger partial charge on any atom is 0.326 e. The molecule has 7 atom stereocenters. The van der Waals surface area contributed by atoms with Crippen LogP contribution in [0.25, 0.3) is 0 Å². The van der Waals surface area contributed by atoms with Gasteiger partial charge in [0.25, 0.3) is 0 Å². The van der Waals surface area contributed by atoms with Crippen molar-refractivity contribution < 1.29 is 73.2 Å². The van der Waals surface area contributed by atoms with E-state index in [0.717, 1.165) is 18.7 Å². The molecule has 23 heteroatoms. The number of rotatable bonds is 24. The molecule has 1 rings (SSSR count). The van der Waals surface area contributed by atoms with Crippen molar-refractivity contribution in [2.45, 2.75) is 121 Å². The van der Waals surface area contributed by atoms with Gasteiger partial charge in [-0.25, -0.2) is 4.79 Å². The maximum atomic E-state index is 13.4. The summed E-state index contributed by atoms with van der Waals surface area (Å²) in [5, 5.41) is 51.6. The number of nitrogens with zero attached hydrogens (tertiary/aromatic N) is 1. The van der Waals surface area contributed by atoms with E-state index >= 15 is 0 Å². The van der Waals surface area contributed by atoms with Crippen LogP contribution in [0.4, 0.5) is 0 Å². The second-order valence-corrected chi connectivity index (χ2v) is 13.6. The van der Waals surface area contributed by atoms with Crippen molar-refractivity contribution in [3.8, 4) is 0 Å². The largest absolute Gasteiger partial charge is 0.481 e. The van der Waals surface area contributed by atoms with E-state index in [9.17, 15) is 68.1 Å². The number of aliphatic carboxylic acids is 3. The molecule has 1 aliphatic heterocycles. The number of nitrogens with one attached hydrogen (secondary N) is 6. The Morgan fingerprint density at radius 3 is 1.77 bits per heavy atom. The molecule has 0 spiro atoms. The first kappa shape index (κ1) is 48.1. The van der Waals surface area contributed by atoms with E-state index in [1.165, 1.54) is 0 Å². The zero-order chi connectivity index (χ0) is 42.9. The predicted octanol–water partition coefficient (Wildman–Crippen LogP) is -4.35. The Balaban J connectivity index is 3.09. The topological polar surface area (TPSA) is 370 Å². The highest BCUT2D eigenvalue weighted by atomic mass is 16.4. The first-order valence-electron chi connectivity index (χ1n) is 17.7. The molecular formula is C33H52N8O15. The van der Waals surface area contributed by atoms with Crippen molar-refractivity contribution in [2.24, 2.45) is 11.7 Å². The molecule has 23 nitrogen and oxygen atoms in total. The molecule has 1 heterocycles. The Morgan fingerprint density at radius 2 is 1.29 bits per heavy atom. The van der Waals surface area contributed by atoms with Gasteiger partial charge >= 0.3 is 17.9 Å². The van der Waals surface area contributed by atoms with Crippen LogP contribution in [0.3, 0.4) is 0 Å². The number of carboxylic acids is 3. The molecule has 0 bridgehead atoms. The van der Waals surface area contributed by atoms with Gasteiger partial charge in [-0.15, -0.1) is 0 Å². The summed E-state index contributed by atoms with van der Waals surface area (Å²) in [5.74, 6) is -11.8. The number of nitrogens with two attached hydrogens (primary N) is 1. The molecule has 0 aromatic heterocycles. The summed E-state index contributed by atoms with van der Waals surface area (Å²) in [4.78, 5) is 137. The van der Waals surface area contributed by atoms with E-state index in [2.05, 4.69) is 31.9 Å². The molecule has 314 valence electrons. The second kappa shape index (κ2) is 23.1. The van der Waals surface area contributed by atoms with Crippen LogP contribution in [-0.4, -0.2) is 146 Å². The number of aliphatic hydroxyl groups excluding tert-OH is 1. The Morgan fingerprint density at radius 1 is 0.732 bits per heavy atom. The summed E-state index contributed by atoms with van der Waals surface area (Å²) in [6.07, 6.45) is -3.98. The smallest absolute Gasteiger partial charge is 0.326 e. The van der Waals surface area contributed by atoms with Gasteiger partial charge in [0.2, 0.25) is 47.3 Å². The lowest BCUT2D eigenvalue weighted by molar-refractivity contribution is -0.143. The molecule has 1 fully saturated rings. The lowest BCUT2D eigenvalue weighted by atomic mass is 10.0. The van der Waals surface area contributed by atoms with Crippen molar-refractivity contribution in [1.82, 2.24) is 36.8 Å². The minimum atomic E-state index is -1.80. The quantitative estimate of drug-likeness (QED) is 0.0440. The Bertz CT molecular complexity index is 1490. The van der Waals surface area contributed by atoms with E-state index in [1.807, 2.05) is 0 Å². The highest BCUT2D eigenvalue weighted by molar-refractivity contribution is 5.98. The monoisotopic (exact) mass is 800 g/mol. The summed E-state index contributed by atoms with van der Waals surface area (Å²) < 4.78 is 0. The van der Waals surface area contributed by atoms with Crippen LogP contribution >= 0.6 is 0 Å². The molecule has 0 aliphatic carbocycles. The van der Waals surface area contributed by atoms with Gasteiger partial charge in [-0.2, -0.15) is 0 Å². The fraction of sp³-hybridized carbons (Fsp3) is 0.667. The lowest BCUT2D eigenvalue weighted by Crippen LogP contribution is -2.60. The minimum Gasteiger partial charge on any atom is -0.481 e. The van der Waals surface area contributed by atoms with Crippen molar-refractivity contribution in [2.75, 3.05) is 13.1 Å². The molecule has 1 saturated heterocycles. The van der Waals surface area contributed by atoms with Crippen LogP contribution in [0.5, 0.6) is 0 Å². The second-order valence-electron chi connectivity index (χ2n) is 13.6. The average molecular weight is 801 g/mol. The maximum absolute atomic E-state index is 13.4. The van der Waals surface area contributed by atoms with Crippen LogP contribution in [0.15, 0.2) is 0 Å². The molecule has 0 radical (unpaired) electrons. The number of aliphatic hydroxyl groups is 1. The van der Waals surface area contributed by atoms with E-state index in [0.29, 0.717) is 6.42 Å². The fourth-order valence-corrected chi connectivity index (χ4v) is 5.64. The van der Waals surface area contributed by atoms with Crippen molar-refractivity contribution in [1.29, 1.82) is 0 Å². The summed E-state index contributed by atoms with van der Waals surface area (Å²) in [7, 11) is 0. The van der Waals surface area contributed by atoms with Crippen LogP contribution in [0.1, 0.15) is 79.1 Å². The molecule has 56 heavy (non-hydrogen) atoms. The first-order chi connectivity index (χ1) is 26.0. The van der Waals surface area contributed by atoms with Gasteiger partial charge in [-0.1, -0.05) is 13.8 Å².